The fraction of sp³-hybridized carbons (Fsp3) is 0.867. The second-order valence-electron chi connectivity index (χ2n) is 5.61. The molecule has 1 aliphatic heterocycles. The van der Waals surface area contributed by atoms with Gasteiger partial charge in [0, 0.05) is 32.5 Å². The second kappa shape index (κ2) is 9.75. The zero-order valence-corrected chi connectivity index (χ0v) is 12.9. The summed E-state index contributed by atoms with van der Waals surface area (Å²) in [7, 11) is 1.95. The Bertz CT molecular complexity index is 305. The first-order chi connectivity index (χ1) is 9.67. The third-order valence-corrected chi connectivity index (χ3v) is 3.73. The molecule has 2 N–H and O–H groups in total. The molecule has 0 aliphatic carbocycles. The molecule has 1 unspecified atom stereocenters. The minimum atomic E-state index is 0.0614. The monoisotopic (exact) mass is 283 g/mol. The highest BCUT2D eigenvalue weighted by molar-refractivity contribution is 5.79. The van der Waals surface area contributed by atoms with Crippen LogP contribution in [0.4, 0.5) is 0 Å². The molecule has 0 aromatic heterocycles. The van der Waals surface area contributed by atoms with Crippen LogP contribution in [0.2, 0.25) is 0 Å². The Morgan fingerprint density at radius 3 is 2.80 bits per heavy atom. The molecule has 1 atom stereocenters. The summed E-state index contributed by atoms with van der Waals surface area (Å²) in [4.78, 5) is 25.5. The maximum atomic E-state index is 12.1. The van der Waals surface area contributed by atoms with E-state index < -0.39 is 0 Å². The number of carbonyl (C=O) groups is 2. The van der Waals surface area contributed by atoms with E-state index in [0.29, 0.717) is 25.2 Å². The number of nitrogens with one attached hydrogen (secondary N) is 2. The van der Waals surface area contributed by atoms with E-state index in [1.54, 1.807) is 0 Å². The van der Waals surface area contributed by atoms with E-state index in [-0.39, 0.29) is 11.8 Å². The molecule has 1 rings (SSSR count). The molecule has 1 fully saturated rings. The van der Waals surface area contributed by atoms with Gasteiger partial charge in [-0.15, -0.1) is 0 Å². The first-order valence-corrected chi connectivity index (χ1v) is 7.86. The largest absolute Gasteiger partial charge is 0.356 e. The molecule has 2 amide bonds. The van der Waals surface area contributed by atoms with Crippen LogP contribution < -0.4 is 10.6 Å². The maximum absolute atomic E-state index is 12.1. The van der Waals surface area contributed by atoms with Crippen LogP contribution in [0.15, 0.2) is 0 Å². The molecular weight excluding hydrogens is 254 g/mol. The van der Waals surface area contributed by atoms with Crippen molar-refractivity contribution in [3.63, 3.8) is 0 Å². The van der Waals surface area contributed by atoms with Crippen LogP contribution in [0.5, 0.6) is 0 Å². The Morgan fingerprint density at radius 2 is 2.10 bits per heavy atom. The summed E-state index contributed by atoms with van der Waals surface area (Å²) in [5.74, 6) is 0.839. The molecule has 5 heteroatoms. The zero-order chi connectivity index (χ0) is 14.8. The van der Waals surface area contributed by atoms with E-state index in [9.17, 15) is 9.59 Å². The van der Waals surface area contributed by atoms with Crippen molar-refractivity contribution in [1.29, 1.82) is 0 Å². The lowest BCUT2D eigenvalue weighted by molar-refractivity contribution is -0.133. The molecule has 5 nitrogen and oxygen atoms in total. The van der Waals surface area contributed by atoms with Crippen LogP contribution in [-0.2, 0) is 9.59 Å². The van der Waals surface area contributed by atoms with Crippen molar-refractivity contribution in [2.45, 2.75) is 45.4 Å². The minimum Gasteiger partial charge on any atom is -0.356 e. The van der Waals surface area contributed by atoms with Crippen LogP contribution in [0, 0.1) is 5.92 Å². The third-order valence-electron chi connectivity index (χ3n) is 3.73. The highest BCUT2D eigenvalue weighted by Gasteiger charge is 2.22. The summed E-state index contributed by atoms with van der Waals surface area (Å²) in [6.07, 6.45) is 4.84. The lowest BCUT2D eigenvalue weighted by atomic mass is 9.97. The number of rotatable bonds is 8. The van der Waals surface area contributed by atoms with Gasteiger partial charge in [0.15, 0.2) is 0 Å². The molecule has 0 spiro atoms. The molecule has 1 heterocycles. The van der Waals surface area contributed by atoms with Gasteiger partial charge in [-0.1, -0.05) is 6.92 Å². The van der Waals surface area contributed by atoms with Crippen molar-refractivity contribution in [2.24, 2.45) is 5.92 Å². The van der Waals surface area contributed by atoms with Gasteiger partial charge in [0.1, 0.15) is 0 Å². The Balaban J connectivity index is 2.20. The number of piperidine rings is 1. The molecule has 20 heavy (non-hydrogen) atoms. The molecule has 0 aromatic rings. The van der Waals surface area contributed by atoms with E-state index in [0.717, 1.165) is 39.0 Å². The first-order valence-electron chi connectivity index (χ1n) is 7.86. The Kier molecular flexibility index (Phi) is 8.26. The Labute approximate surface area is 122 Å². The summed E-state index contributed by atoms with van der Waals surface area (Å²) >= 11 is 0. The predicted molar refractivity (Wildman–Crippen MR) is 80.4 cm³/mol. The smallest absolute Gasteiger partial charge is 0.222 e. The number of hydrogen-bond acceptors (Lipinski definition) is 3. The summed E-state index contributed by atoms with van der Waals surface area (Å²) < 4.78 is 0. The zero-order valence-electron chi connectivity index (χ0n) is 12.9. The van der Waals surface area contributed by atoms with Gasteiger partial charge in [0.05, 0.1) is 0 Å². The highest BCUT2D eigenvalue weighted by atomic mass is 16.2. The average Bonchev–Trinajstić information content (AvgIpc) is 2.45. The fourth-order valence-corrected chi connectivity index (χ4v) is 2.66. The van der Waals surface area contributed by atoms with Gasteiger partial charge in [0.25, 0.3) is 0 Å². The van der Waals surface area contributed by atoms with Gasteiger partial charge in [-0.3, -0.25) is 9.59 Å². The molecule has 1 aliphatic rings. The lowest BCUT2D eigenvalue weighted by Gasteiger charge is -2.32. The van der Waals surface area contributed by atoms with Crippen LogP contribution in [0.25, 0.3) is 0 Å². The van der Waals surface area contributed by atoms with E-state index in [1.807, 2.05) is 18.9 Å². The third kappa shape index (κ3) is 6.37. The number of amides is 2. The van der Waals surface area contributed by atoms with Crippen molar-refractivity contribution in [3.8, 4) is 0 Å². The highest BCUT2D eigenvalue weighted by Crippen LogP contribution is 2.17. The number of carbonyl (C=O) groups excluding carboxylic acids is 2. The standard InChI is InChI=1S/C15H29N3O2/c1-3-9-17-14(19)7-4-8-15(20)18-10-5-6-13(12-18)11-16-2/h13,16H,3-12H2,1-2H3,(H,17,19). The predicted octanol–water partition coefficient (Wildman–Crippen LogP) is 1.14. The second-order valence-corrected chi connectivity index (χ2v) is 5.61. The quantitative estimate of drug-likeness (QED) is 0.702. The van der Waals surface area contributed by atoms with E-state index in [1.165, 1.54) is 6.42 Å². The van der Waals surface area contributed by atoms with Gasteiger partial charge < -0.3 is 15.5 Å². The van der Waals surface area contributed by atoms with E-state index >= 15 is 0 Å². The molecule has 0 saturated carbocycles. The van der Waals surface area contributed by atoms with Crippen LogP contribution in [0.1, 0.15) is 45.4 Å². The normalized spacial score (nSPS) is 18.9. The van der Waals surface area contributed by atoms with Crippen molar-refractivity contribution in [3.05, 3.63) is 0 Å². The molecular formula is C15H29N3O2. The van der Waals surface area contributed by atoms with Crippen molar-refractivity contribution in [2.75, 3.05) is 33.2 Å². The van der Waals surface area contributed by atoms with Crippen molar-refractivity contribution in [1.82, 2.24) is 15.5 Å². The number of hydrogen-bond donors (Lipinski definition) is 2. The van der Waals surface area contributed by atoms with Crippen molar-refractivity contribution >= 4 is 11.8 Å². The molecule has 0 aromatic carbocycles. The molecule has 0 radical (unpaired) electrons. The van der Waals surface area contributed by atoms with Gasteiger partial charge in [-0.05, 0) is 45.2 Å². The summed E-state index contributed by atoms with van der Waals surface area (Å²) in [5, 5.41) is 6.02. The van der Waals surface area contributed by atoms with Gasteiger partial charge in [0.2, 0.25) is 11.8 Å². The molecule has 0 bridgehead atoms. The Hall–Kier alpha value is -1.10. The summed E-state index contributed by atoms with van der Waals surface area (Å²) in [5.41, 5.74) is 0. The SMILES string of the molecule is CCCNC(=O)CCCC(=O)N1CCCC(CNC)C1. The number of nitrogens with zero attached hydrogens (tertiary/aromatic N) is 1. The van der Waals surface area contributed by atoms with Gasteiger partial charge >= 0.3 is 0 Å². The first kappa shape index (κ1) is 17.0. The average molecular weight is 283 g/mol. The van der Waals surface area contributed by atoms with Gasteiger partial charge in [-0.2, -0.15) is 0 Å². The van der Waals surface area contributed by atoms with E-state index in [4.69, 9.17) is 0 Å². The summed E-state index contributed by atoms with van der Waals surface area (Å²) in [6.45, 7) is 5.47. The lowest BCUT2D eigenvalue weighted by Crippen LogP contribution is -2.42. The van der Waals surface area contributed by atoms with Crippen molar-refractivity contribution < 1.29 is 9.59 Å². The van der Waals surface area contributed by atoms with Gasteiger partial charge in [-0.25, -0.2) is 0 Å². The molecule has 116 valence electrons. The van der Waals surface area contributed by atoms with E-state index in [2.05, 4.69) is 10.6 Å². The summed E-state index contributed by atoms with van der Waals surface area (Å²) in [6, 6.07) is 0. The van der Waals surface area contributed by atoms with Crippen LogP contribution in [-0.4, -0.2) is 49.9 Å². The fourth-order valence-electron chi connectivity index (χ4n) is 2.66. The Morgan fingerprint density at radius 1 is 1.30 bits per heavy atom. The number of likely N-dealkylation sites (tertiary alicyclic amines) is 1. The molecule has 1 saturated heterocycles. The van der Waals surface area contributed by atoms with Crippen LogP contribution in [0.3, 0.4) is 0 Å². The van der Waals surface area contributed by atoms with Crippen LogP contribution >= 0.6 is 0 Å². The maximum Gasteiger partial charge on any atom is 0.222 e. The topological polar surface area (TPSA) is 61.4 Å². The minimum absolute atomic E-state index is 0.0614.